The molecule has 0 spiro atoms. The molecule has 1 rings (SSSR count). The second-order valence-corrected chi connectivity index (χ2v) is 3.65. The molecule has 10 nitrogen and oxygen atoms in total. The van der Waals surface area contributed by atoms with Crippen molar-refractivity contribution in [2.75, 3.05) is 0 Å². The summed E-state index contributed by atoms with van der Waals surface area (Å²) < 4.78 is 0. The molecule has 0 aromatic rings. The minimum Gasteiger partial charge on any atom is -0.491 e. The number of carbonyl (C=O) groups is 5. The number of carboxylic acids is 5. The van der Waals surface area contributed by atoms with Crippen LogP contribution in [0, 0.1) is 16.9 Å². The molecule has 20 heavy (non-hydrogen) atoms. The summed E-state index contributed by atoms with van der Waals surface area (Å²) in [4.78, 5) is 55.7. The third-order valence-electron chi connectivity index (χ3n) is 2.81. The number of aliphatic carboxylic acids is 5. The van der Waals surface area contributed by atoms with Crippen LogP contribution in [0.4, 0.5) is 0 Å². The standard InChI is InChI=1S/C10H5O10/c11-4(12)3-1-2-9(5(13)14,6(15)16)10(3,7(17)18)8(19)20/h(H,11,12)(H,13,14)(H,15,16)(H,17,18)(H,19,20)/q-1. The highest BCUT2D eigenvalue weighted by Gasteiger charge is 2.68. The lowest BCUT2D eigenvalue weighted by Crippen LogP contribution is -2.60. The van der Waals surface area contributed by atoms with Crippen molar-refractivity contribution < 1.29 is 49.5 Å². The fourth-order valence-electron chi connectivity index (χ4n) is 1.89. The van der Waals surface area contributed by atoms with Crippen LogP contribution in [-0.2, 0) is 24.0 Å². The molecule has 1 aliphatic rings. The van der Waals surface area contributed by atoms with Gasteiger partial charge in [-0.1, -0.05) is 0 Å². The highest BCUT2D eigenvalue weighted by molar-refractivity contribution is 6.21. The van der Waals surface area contributed by atoms with E-state index in [-0.39, 0.29) is 0 Å². The van der Waals surface area contributed by atoms with Gasteiger partial charge in [0.25, 0.3) is 5.97 Å². The quantitative estimate of drug-likeness (QED) is 0.221. The Bertz CT molecular complexity index is 590. The summed E-state index contributed by atoms with van der Waals surface area (Å²) in [5, 5.41) is 44.7. The second kappa shape index (κ2) is 4.21. The van der Waals surface area contributed by atoms with Gasteiger partial charge in [0.1, 0.15) is 5.41 Å². The van der Waals surface area contributed by atoms with Gasteiger partial charge in [0, 0.05) is 0 Å². The summed E-state index contributed by atoms with van der Waals surface area (Å²) in [6.07, 6.45) is 1.43. The van der Waals surface area contributed by atoms with Crippen molar-refractivity contribution in [1.29, 1.82) is 0 Å². The Balaban J connectivity index is 3.92. The molecule has 0 saturated heterocycles. The van der Waals surface area contributed by atoms with Gasteiger partial charge < -0.3 is 31.3 Å². The molecule has 106 valence electrons. The van der Waals surface area contributed by atoms with Crippen molar-refractivity contribution in [1.82, 2.24) is 0 Å². The fraction of sp³-hybridized carbons (Fsp3) is 0.200. The molecule has 0 heterocycles. The predicted molar refractivity (Wildman–Crippen MR) is 53.3 cm³/mol. The first-order valence-corrected chi connectivity index (χ1v) is 4.64. The topological polar surface area (TPSA) is 186 Å². The third-order valence-corrected chi connectivity index (χ3v) is 2.81. The van der Waals surface area contributed by atoms with Gasteiger partial charge in [0.05, 0.1) is 0 Å². The molecule has 0 bridgehead atoms. The van der Waals surface area contributed by atoms with Gasteiger partial charge in [-0.15, -0.1) is 0 Å². The van der Waals surface area contributed by atoms with Gasteiger partial charge in [0.15, 0.2) is 5.41 Å². The maximum atomic E-state index is 11.2. The van der Waals surface area contributed by atoms with Crippen LogP contribution in [-0.4, -0.2) is 55.4 Å². The van der Waals surface area contributed by atoms with Crippen molar-refractivity contribution in [3.63, 3.8) is 0 Å². The first-order valence-electron chi connectivity index (χ1n) is 4.64. The van der Waals surface area contributed by atoms with Crippen molar-refractivity contribution in [3.8, 4) is 0 Å². The van der Waals surface area contributed by atoms with Gasteiger partial charge in [-0.25, -0.2) is 0 Å². The maximum absolute atomic E-state index is 11.2. The SMILES string of the molecule is O=C(O)C1=C=[C-]C(C(=O)O)(C(=O)O)C1(C(=O)O)C(=O)O. The number of carboxylic acid groups (broad SMARTS) is 5. The van der Waals surface area contributed by atoms with Gasteiger partial charge in [-0.05, 0) is 5.57 Å². The lowest BCUT2D eigenvalue weighted by molar-refractivity contribution is -0.187. The number of hydrogen-bond acceptors (Lipinski definition) is 5. The first kappa shape index (κ1) is 14.9. The Kier molecular flexibility index (Phi) is 3.14. The molecule has 5 N–H and O–H groups in total. The lowest BCUT2D eigenvalue weighted by Gasteiger charge is -2.39. The van der Waals surface area contributed by atoms with E-state index in [2.05, 4.69) is 0 Å². The Hall–Kier alpha value is -3.13. The Labute approximate surface area is 108 Å². The Morgan fingerprint density at radius 1 is 0.800 bits per heavy atom. The second-order valence-electron chi connectivity index (χ2n) is 3.65. The summed E-state index contributed by atoms with van der Waals surface area (Å²) >= 11 is 0. The van der Waals surface area contributed by atoms with Crippen LogP contribution >= 0.6 is 0 Å². The molecule has 1 aliphatic carbocycles. The van der Waals surface area contributed by atoms with Crippen LogP contribution in [0.5, 0.6) is 0 Å². The van der Waals surface area contributed by atoms with Gasteiger partial charge in [-0.2, -0.15) is 6.08 Å². The van der Waals surface area contributed by atoms with E-state index in [1.807, 2.05) is 0 Å². The molecule has 0 saturated carbocycles. The molecule has 0 aromatic carbocycles. The number of rotatable bonds is 5. The highest BCUT2D eigenvalue weighted by atomic mass is 16.4. The van der Waals surface area contributed by atoms with Crippen molar-refractivity contribution >= 4 is 29.8 Å². The Morgan fingerprint density at radius 3 is 1.45 bits per heavy atom. The minimum atomic E-state index is -3.78. The zero-order chi connectivity index (χ0) is 15.9. The van der Waals surface area contributed by atoms with Crippen LogP contribution in [0.15, 0.2) is 11.3 Å². The monoisotopic (exact) mass is 285 g/mol. The average Bonchev–Trinajstić information content (AvgIpc) is 2.65. The van der Waals surface area contributed by atoms with Crippen LogP contribution in [0.25, 0.3) is 0 Å². The summed E-state index contributed by atoms with van der Waals surface area (Å²) in [6, 6.07) is 0. The van der Waals surface area contributed by atoms with E-state index in [0.717, 1.165) is 0 Å². The first-order chi connectivity index (χ1) is 9.06. The molecular formula is C10H5O10-. The van der Waals surface area contributed by atoms with Crippen LogP contribution in [0.2, 0.25) is 0 Å². The maximum Gasteiger partial charge on any atom is 0.309 e. The van der Waals surface area contributed by atoms with Crippen molar-refractivity contribution in [2.45, 2.75) is 0 Å². The van der Waals surface area contributed by atoms with E-state index in [4.69, 9.17) is 25.5 Å². The molecule has 0 radical (unpaired) electrons. The van der Waals surface area contributed by atoms with E-state index in [9.17, 15) is 24.0 Å². The molecule has 0 fully saturated rings. The average molecular weight is 285 g/mol. The van der Waals surface area contributed by atoms with E-state index < -0.39 is 46.2 Å². The zero-order valence-electron chi connectivity index (χ0n) is 9.28. The summed E-state index contributed by atoms with van der Waals surface area (Å²) in [5.41, 5.74) is -7.45. The summed E-state index contributed by atoms with van der Waals surface area (Å²) in [5.74, 6) is -11.8. The fourth-order valence-corrected chi connectivity index (χ4v) is 1.89. The molecule has 0 unspecified atom stereocenters. The molecule has 0 aliphatic heterocycles. The normalized spacial score (nSPS) is 18.1. The lowest BCUT2D eigenvalue weighted by atomic mass is 9.62. The summed E-state index contributed by atoms with van der Waals surface area (Å²) in [7, 11) is 0. The van der Waals surface area contributed by atoms with Crippen LogP contribution < -0.4 is 0 Å². The van der Waals surface area contributed by atoms with Crippen LogP contribution in [0.1, 0.15) is 0 Å². The van der Waals surface area contributed by atoms with Gasteiger partial charge >= 0.3 is 23.9 Å². The molecule has 0 atom stereocenters. The summed E-state index contributed by atoms with van der Waals surface area (Å²) in [6.45, 7) is 0. The molecular weight excluding hydrogens is 280 g/mol. The van der Waals surface area contributed by atoms with Crippen molar-refractivity contribution in [2.24, 2.45) is 10.8 Å². The van der Waals surface area contributed by atoms with E-state index in [1.54, 1.807) is 0 Å². The van der Waals surface area contributed by atoms with E-state index in [0.29, 0.717) is 0 Å². The predicted octanol–water partition coefficient (Wildman–Crippen LogP) is -1.72. The highest BCUT2D eigenvalue weighted by Crippen LogP contribution is 2.50. The molecule has 10 heteroatoms. The van der Waals surface area contributed by atoms with Gasteiger partial charge in [-0.3, -0.25) is 24.0 Å². The largest absolute Gasteiger partial charge is 0.491 e. The smallest absolute Gasteiger partial charge is 0.309 e. The third kappa shape index (κ3) is 1.36. The minimum absolute atomic E-state index is 1.43. The van der Waals surface area contributed by atoms with Crippen LogP contribution in [0.3, 0.4) is 0 Å². The molecule has 0 aromatic heterocycles. The van der Waals surface area contributed by atoms with E-state index >= 15 is 0 Å². The molecule has 0 amide bonds. The Morgan fingerprint density at radius 2 is 1.20 bits per heavy atom. The zero-order valence-corrected chi connectivity index (χ0v) is 9.28. The van der Waals surface area contributed by atoms with Gasteiger partial charge in [0.2, 0.25) is 0 Å². The van der Waals surface area contributed by atoms with Crippen molar-refractivity contribution in [3.05, 3.63) is 17.4 Å². The number of hydrogen-bond donors (Lipinski definition) is 5. The van der Waals surface area contributed by atoms with E-state index in [1.165, 1.54) is 11.8 Å².